The third kappa shape index (κ3) is 4.42. The number of rotatable bonds is 7. The zero-order valence-corrected chi connectivity index (χ0v) is 20.2. The summed E-state index contributed by atoms with van der Waals surface area (Å²) in [6.07, 6.45) is 4.79. The van der Waals surface area contributed by atoms with Crippen LogP contribution >= 0.6 is 11.6 Å². The second-order valence-corrected chi connectivity index (χ2v) is 9.64. The number of aromatic nitrogens is 2. The highest BCUT2D eigenvalue weighted by atomic mass is 35.5. The van der Waals surface area contributed by atoms with E-state index in [2.05, 4.69) is 9.97 Å². The van der Waals surface area contributed by atoms with Crippen LogP contribution in [-0.4, -0.2) is 64.9 Å². The van der Waals surface area contributed by atoms with Crippen LogP contribution in [0.4, 0.5) is 5.69 Å². The van der Waals surface area contributed by atoms with Gasteiger partial charge in [0, 0.05) is 30.4 Å². The SMILES string of the molecule is COCC(C)N(C(=O)c1[nH]cnc1C(N)=O)C1CCC2(CC1)CCN(c1cccc(Cl)c1)C2=O. The molecule has 2 aliphatic rings. The van der Waals surface area contributed by atoms with Crippen LogP contribution in [-0.2, 0) is 9.53 Å². The second kappa shape index (κ2) is 9.76. The number of ether oxygens (including phenoxy) is 1. The average Bonchev–Trinajstić information content (AvgIpc) is 3.42. The zero-order valence-electron chi connectivity index (χ0n) is 19.4. The van der Waals surface area contributed by atoms with E-state index >= 15 is 0 Å². The molecule has 34 heavy (non-hydrogen) atoms. The van der Waals surface area contributed by atoms with Gasteiger partial charge in [-0.25, -0.2) is 4.98 Å². The summed E-state index contributed by atoms with van der Waals surface area (Å²) < 4.78 is 5.32. The average molecular weight is 488 g/mol. The van der Waals surface area contributed by atoms with E-state index in [0.29, 0.717) is 43.9 Å². The van der Waals surface area contributed by atoms with E-state index in [4.69, 9.17) is 22.1 Å². The fourth-order valence-electron chi connectivity index (χ4n) is 5.43. The Hall–Kier alpha value is -2.91. The number of carbonyl (C=O) groups excluding carboxylic acids is 3. The lowest BCUT2D eigenvalue weighted by molar-refractivity contribution is -0.127. The first kappa shape index (κ1) is 24.2. The molecule has 2 fully saturated rings. The van der Waals surface area contributed by atoms with Gasteiger partial charge < -0.3 is 25.3 Å². The molecule has 0 bridgehead atoms. The Morgan fingerprint density at radius 1 is 1.35 bits per heavy atom. The number of hydrogen-bond acceptors (Lipinski definition) is 5. The van der Waals surface area contributed by atoms with E-state index < -0.39 is 11.3 Å². The summed E-state index contributed by atoms with van der Waals surface area (Å²) in [6.45, 7) is 2.91. The normalized spacial score (nSPS) is 23.3. The highest BCUT2D eigenvalue weighted by Gasteiger charge is 2.50. The number of primary amides is 1. The van der Waals surface area contributed by atoms with Crippen LogP contribution in [0.1, 0.15) is 60.0 Å². The molecule has 3 N–H and O–H groups in total. The maximum absolute atomic E-state index is 13.5. The van der Waals surface area contributed by atoms with Crippen molar-refractivity contribution >= 4 is 35.0 Å². The van der Waals surface area contributed by atoms with Crippen molar-refractivity contribution in [3.05, 3.63) is 47.0 Å². The number of nitrogens with two attached hydrogens (primary N) is 1. The van der Waals surface area contributed by atoms with Gasteiger partial charge in [0.15, 0.2) is 5.69 Å². The molecule has 1 saturated heterocycles. The Balaban J connectivity index is 1.52. The molecule has 9 nitrogen and oxygen atoms in total. The molecular formula is C24H30ClN5O4. The number of methoxy groups -OCH3 is 1. The lowest BCUT2D eigenvalue weighted by atomic mass is 9.71. The fraction of sp³-hybridized carbons (Fsp3) is 0.500. The summed E-state index contributed by atoms with van der Waals surface area (Å²) in [5, 5.41) is 0.602. The van der Waals surface area contributed by atoms with Crippen LogP contribution in [0.2, 0.25) is 5.02 Å². The Bertz CT molecular complexity index is 1080. The first-order valence-corrected chi connectivity index (χ1v) is 11.9. The number of nitrogens with zero attached hydrogens (tertiary/aromatic N) is 3. The van der Waals surface area contributed by atoms with Crippen LogP contribution in [0.3, 0.4) is 0 Å². The van der Waals surface area contributed by atoms with Crippen LogP contribution in [0, 0.1) is 5.41 Å². The summed E-state index contributed by atoms with van der Waals surface area (Å²) in [5.74, 6) is -0.972. The minimum absolute atomic E-state index is 0.0740. The molecule has 2 heterocycles. The van der Waals surface area contributed by atoms with Crippen molar-refractivity contribution in [3.8, 4) is 0 Å². The number of aromatic amines is 1. The summed E-state index contributed by atoms with van der Waals surface area (Å²) in [7, 11) is 1.58. The number of amides is 3. The van der Waals surface area contributed by atoms with Gasteiger partial charge in [-0.05, 0) is 57.2 Å². The largest absolute Gasteiger partial charge is 0.383 e. The van der Waals surface area contributed by atoms with Crippen molar-refractivity contribution in [1.82, 2.24) is 14.9 Å². The Kier molecular flexibility index (Phi) is 6.95. The van der Waals surface area contributed by atoms with Gasteiger partial charge in [0.25, 0.3) is 11.8 Å². The highest BCUT2D eigenvalue weighted by molar-refractivity contribution is 6.31. The first-order chi connectivity index (χ1) is 16.3. The van der Waals surface area contributed by atoms with Crippen molar-refractivity contribution in [2.24, 2.45) is 11.1 Å². The van der Waals surface area contributed by atoms with Crippen molar-refractivity contribution < 1.29 is 19.1 Å². The third-order valence-corrected chi connectivity index (χ3v) is 7.38. The van der Waals surface area contributed by atoms with Crippen LogP contribution in [0.5, 0.6) is 0 Å². The smallest absolute Gasteiger partial charge is 0.273 e. The molecule has 1 atom stereocenters. The van der Waals surface area contributed by atoms with Crippen molar-refractivity contribution in [1.29, 1.82) is 0 Å². The van der Waals surface area contributed by atoms with E-state index in [9.17, 15) is 14.4 Å². The van der Waals surface area contributed by atoms with E-state index in [1.165, 1.54) is 6.33 Å². The van der Waals surface area contributed by atoms with Gasteiger partial charge in [-0.3, -0.25) is 14.4 Å². The van der Waals surface area contributed by atoms with Gasteiger partial charge in [0.05, 0.1) is 24.4 Å². The van der Waals surface area contributed by atoms with Gasteiger partial charge in [-0.1, -0.05) is 17.7 Å². The summed E-state index contributed by atoms with van der Waals surface area (Å²) in [5.41, 5.74) is 5.81. The monoisotopic (exact) mass is 487 g/mol. The Morgan fingerprint density at radius 2 is 2.09 bits per heavy atom. The topological polar surface area (TPSA) is 122 Å². The Morgan fingerprint density at radius 3 is 2.74 bits per heavy atom. The van der Waals surface area contributed by atoms with E-state index in [1.54, 1.807) is 18.1 Å². The second-order valence-electron chi connectivity index (χ2n) is 9.21. The molecule has 10 heteroatoms. The van der Waals surface area contributed by atoms with Gasteiger partial charge in [-0.2, -0.15) is 0 Å². The predicted octanol–water partition coefficient (Wildman–Crippen LogP) is 3.01. The molecule has 1 spiro atoms. The molecule has 2 aromatic rings. The molecule has 1 aliphatic carbocycles. The van der Waals surface area contributed by atoms with E-state index in [1.807, 2.05) is 30.0 Å². The minimum atomic E-state index is -0.760. The number of imidazole rings is 1. The van der Waals surface area contributed by atoms with Gasteiger partial charge in [0.1, 0.15) is 5.69 Å². The standard InChI is InChI=1S/C24H30ClN5O4/c1-15(13-34-2)30(22(32)20-19(21(26)31)27-14-28-20)17-6-8-24(9-7-17)10-11-29(23(24)33)18-5-3-4-16(25)12-18/h3-5,12,14-15,17H,6-11,13H2,1-2H3,(H2,26,31)(H,27,28). The number of carbonyl (C=O) groups is 3. The first-order valence-electron chi connectivity index (χ1n) is 11.5. The fourth-order valence-corrected chi connectivity index (χ4v) is 5.61. The summed E-state index contributed by atoms with van der Waals surface area (Å²) >= 11 is 6.14. The maximum Gasteiger partial charge on any atom is 0.273 e. The number of benzene rings is 1. The van der Waals surface area contributed by atoms with Gasteiger partial charge in [-0.15, -0.1) is 0 Å². The molecular weight excluding hydrogens is 458 g/mol. The molecule has 0 radical (unpaired) electrons. The summed E-state index contributed by atoms with van der Waals surface area (Å²) in [6, 6.07) is 7.04. The molecule has 4 rings (SSSR count). The number of halogens is 1. The van der Waals surface area contributed by atoms with Crippen LogP contribution < -0.4 is 10.6 Å². The van der Waals surface area contributed by atoms with Crippen molar-refractivity contribution in [2.45, 2.75) is 51.1 Å². The molecule has 1 saturated carbocycles. The number of H-pyrrole nitrogens is 1. The number of anilines is 1. The maximum atomic E-state index is 13.5. The Labute approximate surface area is 203 Å². The molecule has 182 valence electrons. The van der Waals surface area contributed by atoms with Crippen molar-refractivity contribution in [2.75, 3.05) is 25.2 Å². The van der Waals surface area contributed by atoms with Crippen LogP contribution in [0.15, 0.2) is 30.6 Å². The molecule has 1 aromatic carbocycles. The summed E-state index contributed by atoms with van der Waals surface area (Å²) in [4.78, 5) is 49.0. The highest BCUT2D eigenvalue weighted by Crippen LogP contribution is 2.47. The quantitative estimate of drug-likeness (QED) is 0.621. The molecule has 3 amide bonds. The van der Waals surface area contributed by atoms with Gasteiger partial charge >= 0.3 is 0 Å². The van der Waals surface area contributed by atoms with E-state index in [-0.39, 0.29) is 35.3 Å². The molecule has 1 unspecified atom stereocenters. The van der Waals surface area contributed by atoms with Crippen molar-refractivity contribution in [3.63, 3.8) is 0 Å². The van der Waals surface area contributed by atoms with Gasteiger partial charge in [0.2, 0.25) is 5.91 Å². The van der Waals surface area contributed by atoms with E-state index in [0.717, 1.165) is 12.1 Å². The lowest BCUT2D eigenvalue weighted by Crippen LogP contribution is -2.51. The number of hydrogen-bond donors (Lipinski definition) is 2. The lowest BCUT2D eigenvalue weighted by Gasteiger charge is -2.43. The van der Waals surface area contributed by atoms with Crippen LogP contribution in [0.25, 0.3) is 0 Å². The third-order valence-electron chi connectivity index (χ3n) is 7.14. The minimum Gasteiger partial charge on any atom is -0.383 e. The number of nitrogens with one attached hydrogen (secondary N) is 1. The molecule has 1 aromatic heterocycles. The molecule has 1 aliphatic heterocycles. The predicted molar refractivity (Wildman–Crippen MR) is 128 cm³/mol. The zero-order chi connectivity index (χ0) is 24.5.